The molecule has 0 aliphatic rings. The van der Waals surface area contributed by atoms with E-state index in [0.717, 1.165) is 25.2 Å². The first-order valence-electron chi connectivity index (χ1n) is 5.03. The number of pyridine rings is 1. The Morgan fingerprint density at radius 1 is 1.15 bits per heavy atom. The molecule has 0 unspecified atom stereocenters. The zero-order valence-electron chi connectivity index (χ0n) is 8.72. The van der Waals surface area contributed by atoms with Crippen LogP contribution in [-0.4, -0.2) is 11.5 Å². The fraction of sp³-hybridized carbons (Fsp3) is 0.545. The molecule has 0 saturated carbocycles. The summed E-state index contributed by atoms with van der Waals surface area (Å²) < 4.78 is 0. The molecule has 0 amide bonds. The van der Waals surface area contributed by atoms with Gasteiger partial charge in [-0.2, -0.15) is 0 Å². The van der Waals surface area contributed by atoms with Crippen molar-refractivity contribution < 1.29 is 0 Å². The number of hydrogen-bond acceptors (Lipinski definition) is 2. The molecule has 72 valence electrons. The smallest absolute Gasteiger partial charge is 0.126 e. The number of hydrogen-bond donors (Lipinski definition) is 1. The summed E-state index contributed by atoms with van der Waals surface area (Å²) in [7, 11) is 0. The maximum atomic E-state index is 4.48. The Bertz CT molecular complexity index is 247. The molecule has 2 heteroatoms. The molecule has 1 aromatic heterocycles. The molecule has 1 aromatic rings. The molecule has 0 fully saturated rings. The van der Waals surface area contributed by atoms with Crippen molar-refractivity contribution in [3.05, 3.63) is 23.4 Å². The lowest BCUT2D eigenvalue weighted by atomic mass is 10.1. The molecule has 0 aromatic carbocycles. The van der Waals surface area contributed by atoms with Crippen LogP contribution >= 0.6 is 0 Å². The van der Waals surface area contributed by atoms with E-state index in [9.17, 15) is 0 Å². The summed E-state index contributed by atoms with van der Waals surface area (Å²) in [5.41, 5.74) is 2.54. The van der Waals surface area contributed by atoms with E-state index in [4.69, 9.17) is 0 Å². The standard InChI is InChI=1S/C11H18N2/c1-4-9-7-10(5-2)13-11(8-9)12-6-3/h7-8H,4-6H2,1-3H3,(H,12,13). The summed E-state index contributed by atoms with van der Waals surface area (Å²) in [5, 5.41) is 3.25. The predicted molar refractivity (Wildman–Crippen MR) is 57.2 cm³/mol. The van der Waals surface area contributed by atoms with Gasteiger partial charge in [-0.3, -0.25) is 0 Å². The Morgan fingerprint density at radius 2 is 1.92 bits per heavy atom. The van der Waals surface area contributed by atoms with E-state index in [0.29, 0.717) is 0 Å². The molecule has 13 heavy (non-hydrogen) atoms. The molecule has 0 aliphatic carbocycles. The average molecular weight is 178 g/mol. The molecule has 1 heterocycles. The third-order valence-electron chi connectivity index (χ3n) is 2.07. The molecule has 1 N–H and O–H groups in total. The molecule has 1 rings (SSSR count). The minimum absolute atomic E-state index is 0.934. The van der Waals surface area contributed by atoms with Crippen molar-refractivity contribution in [2.75, 3.05) is 11.9 Å². The van der Waals surface area contributed by atoms with Crippen molar-refractivity contribution >= 4 is 5.82 Å². The lowest BCUT2D eigenvalue weighted by molar-refractivity contribution is 0.997. The van der Waals surface area contributed by atoms with Crippen molar-refractivity contribution in [2.45, 2.75) is 33.6 Å². The summed E-state index contributed by atoms with van der Waals surface area (Å²) in [5.74, 6) is 1.01. The van der Waals surface area contributed by atoms with Gasteiger partial charge in [0.15, 0.2) is 0 Å². The summed E-state index contributed by atoms with van der Waals surface area (Å²) in [4.78, 5) is 4.48. The van der Waals surface area contributed by atoms with Gasteiger partial charge in [0.2, 0.25) is 0 Å². The largest absolute Gasteiger partial charge is 0.370 e. The van der Waals surface area contributed by atoms with Crippen LogP contribution in [-0.2, 0) is 12.8 Å². The predicted octanol–water partition coefficient (Wildman–Crippen LogP) is 2.64. The molecule has 0 aliphatic heterocycles. The summed E-state index contributed by atoms with van der Waals surface area (Å²) >= 11 is 0. The number of anilines is 1. The van der Waals surface area contributed by atoms with Gasteiger partial charge in [0.25, 0.3) is 0 Å². The lowest BCUT2D eigenvalue weighted by Gasteiger charge is -2.07. The van der Waals surface area contributed by atoms with E-state index in [1.54, 1.807) is 0 Å². The van der Waals surface area contributed by atoms with Gasteiger partial charge in [-0.15, -0.1) is 0 Å². The first-order valence-corrected chi connectivity index (χ1v) is 5.03. The van der Waals surface area contributed by atoms with Crippen molar-refractivity contribution in [1.82, 2.24) is 4.98 Å². The van der Waals surface area contributed by atoms with Gasteiger partial charge in [-0.25, -0.2) is 4.98 Å². The number of nitrogens with zero attached hydrogens (tertiary/aromatic N) is 1. The van der Waals surface area contributed by atoms with Crippen molar-refractivity contribution in [2.24, 2.45) is 0 Å². The van der Waals surface area contributed by atoms with Crippen LogP contribution in [0.15, 0.2) is 12.1 Å². The van der Waals surface area contributed by atoms with Gasteiger partial charge in [-0.1, -0.05) is 13.8 Å². The Labute approximate surface area is 80.4 Å². The third kappa shape index (κ3) is 2.72. The lowest BCUT2D eigenvalue weighted by Crippen LogP contribution is -2.02. The van der Waals surface area contributed by atoms with Crippen LogP contribution in [0.1, 0.15) is 32.0 Å². The highest BCUT2D eigenvalue weighted by Gasteiger charge is 1.98. The second-order valence-electron chi connectivity index (χ2n) is 3.09. The molecule has 0 spiro atoms. The number of aromatic nitrogens is 1. The van der Waals surface area contributed by atoms with Gasteiger partial charge in [0, 0.05) is 12.2 Å². The SMILES string of the molecule is CCNc1cc(CC)cc(CC)n1. The number of nitrogens with one attached hydrogen (secondary N) is 1. The minimum Gasteiger partial charge on any atom is -0.370 e. The summed E-state index contributed by atoms with van der Waals surface area (Å²) in [6.07, 6.45) is 2.08. The van der Waals surface area contributed by atoms with Gasteiger partial charge < -0.3 is 5.32 Å². The summed E-state index contributed by atoms with van der Waals surface area (Å²) in [6, 6.07) is 4.31. The molecule has 0 saturated heterocycles. The van der Waals surface area contributed by atoms with Crippen LogP contribution in [0.3, 0.4) is 0 Å². The fourth-order valence-electron chi connectivity index (χ4n) is 1.31. The van der Waals surface area contributed by atoms with Crippen LogP contribution in [0.25, 0.3) is 0 Å². The van der Waals surface area contributed by atoms with Gasteiger partial charge in [0.05, 0.1) is 0 Å². The summed E-state index contributed by atoms with van der Waals surface area (Å²) in [6.45, 7) is 7.33. The van der Waals surface area contributed by atoms with Gasteiger partial charge in [-0.05, 0) is 37.5 Å². The number of aryl methyl sites for hydroxylation is 2. The second-order valence-corrected chi connectivity index (χ2v) is 3.09. The minimum atomic E-state index is 0.934. The zero-order valence-corrected chi connectivity index (χ0v) is 8.72. The Balaban J connectivity index is 2.93. The third-order valence-corrected chi connectivity index (χ3v) is 2.07. The monoisotopic (exact) mass is 178 g/mol. The van der Waals surface area contributed by atoms with Crippen LogP contribution in [0.2, 0.25) is 0 Å². The second kappa shape index (κ2) is 4.85. The normalized spacial score (nSPS) is 10.1. The van der Waals surface area contributed by atoms with Gasteiger partial charge >= 0.3 is 0 Å². The Morgan fingerprint density at radius 3 is 2.46 bits per heavy atom. The molecular weight excluding hydrogens is 160 g/mol. The van der Waals surface area contributed by atoms with E-state index in [1.165, 1.54) is 11.3 Å². The van der Waals surface area contributed by atoms with Crippen LogP contribution < -0.4 is 5.32 Å². The van der Waals surface area contributed by atoms with E-state index in [-0.39, 0.29) is 0 Å². The topological polar surface area (TPSA) is 24.9 Å². The molecule has 2 nitrogen and oxygen atoms in total. The molecule has 0 atom stereocenters. The Kier molecular flexibility index (Phi) is 3.74. The molecule has 0 radical (unpaired) electrons. The maximum Gasteiger partial charge on any atom is 0.126 e. The first kappa shape index (κ1) is 10.0. The van der Waals surface area contributed by atoms with Crippen molar-refractivity contribution in [3.63, 3.8) is 0 Å². The van der Waals surface area contributed by atoms with Crippen LogP contribution in [0, 0.1) is 0 Å². The fourth-order valence-corrected chi connectivity index (χ4v) is 1.31. The molecular formula is C11H18N2. The van der Waals surface area contributed by atoms with Gasteiger partial charge in [0.1, 0.15) is 5.82 Å². The average Bonchev–Trinajstić information content (AvgIpc) is 2.17. The van der Waals surface area contributed by atoms with Crippen molar-refractivity contribution in [1.29, 1.82) is 0 Å². The highest BCUT2D eigenvalue weighted by atomic mass is 15.0. The molecule has 0 bridgehead atoms. The quantitative estimate of drug-likeness (QED) is 0.766. The highest BCUT2D eigenvalue weighted by Crippen LogP contribution is 2.11. The van der Waals surface area contributed by atoms with E-state index in [2.05, 4.69) is 43.2 Å². The first-order chi connectivity index (χ1) is 6.30. The van der Waals surface area contributed by atoms with Crippen LogP contribution in [0.4, 0.5) is 5.82 Å². The van der Waals surface area contributed by atoms with E-state index >= 15 is 0 Å². The van der Waals surface area contributed by atoms with Crippen LogP contribution in [0.5, 0.6) is 0 Å². The van der Waals surface area contributed by atoms with E-state index < -0.39 is 0 Å². The Hall–Kier alpha value is -1.05. The maximum absolute atomic E-state index is 4.48. The number of rotatable bonds is 4. The highest BCUT2D eigenvalue weighted by molar-refractivity contribution is 5.39. The van der Waals surface area contributed by atoms with Crippen molar-refractivity contribution in [3.8, 4) is 0 Å². The zero-order chi connectivity index (χ0) is 9.68. The van der Waals surface area contributed by atoms with E-state index in [1.807, 2.05) is 0 Å².